The topological polar surface area (TPSA) is 32.6 Å². The van der Waals surface area contributed by atoms with Crippen molar-refractivity contribution >= 4 is 198 Å². The van der Waals surface area contributed by atoms with Crippen molar-refractivity contribution in [2.75, 3.05) is 29.4 Å². The van der Waals surface area contributed by atoms with E-state index in [1.807, 2.05) is 11.3 Å². The molecule has 0 N–H and O–H groups in total. The van der Waals surface area contributed by atoms with Gasteiger partial charge in [-0.3, -0.25) is 0 Å². The molecule has 0 unspecified atom stereocenters. The molecule has 0 spiro atoms. The van der Waals surface area contributed by atoms with Crippen LogP contribution in [-0.2, 0) is 5.41 Å². The summed E-state index contributed by atoms with van der Waals surface area (Å²) in [7, 11) is 0. The number of para-hydroxylation sites is 6. The molecule has 2 aromatic heterocycles. The number of hydrogen-bond donors (Lipinski definition) is 0. The molecule has 0 fully saturated rings. The van der Waals surface area contributed by atoms with Crippen LogP contribution in [0, 0.1) is 0 Å². The lowest BCUT2D eigenvalue weighted by Crippen LogP contribution is -2.60. The van der Waals surface area contributed by atoms with Gasteiger partial charge in [-0.05, 0) is 206 Å². The first kappa shape index (κ1) is 61.7. The summed E-state index contributed by atoms with van der Waals surface area (Å²) in [4.78, 5) is 15.1. The van der Waals surface area contributed by atoms with Crippen LogP contribution < -0.4 is 72.6 Å². The predicted molar refractivity (Wildman–Crippen MR) is 465 cm³/mol. The summed E-state index contributed by atoms with van der Waals surface area (Å²) in [5, 5.41) is 2.37. The number of nitrogens with zero attached hydrogens (tertiary/aromatic N) is 6. The predicted octanol–water partition coefficient (Wildman–Crippen LogP) is 20.9. The highest BCUT2D eigenvalue weighted by atomic mass is 32.1. The third-order valence-electron chi connectivity index (χ3n) is 24.6. The Kier molecular flexibility index (Phi) is 13.0. The average molecular weight is 1420 g/mol. The van der Waals surface area contributed by atoms with Crippen LogP contribution in [0.4, 0.5) is 96.7 Å². The van der Waals surface area contributed by atoms with E-state index >= 15 is 0 Å². The minimum atomic E-state index is -0.264. The second-order valence-electron chi connectivity index (χ2n) is 30.5. The molecule has 7 nitrogen and oxygen atoms in total. The van der Waals surface area contributed by atoms with Crippen molar-refractivity contribution in [3.8, 4) is 22.3 Å². The molecule has 0 atom stereocenters. The van der Waals surface area contributed by atoms with Gasteiger partial charge in [0, 0.05) is 122 Å². The van der Waals surface area contributed by atoms with E-state index in [0.29, 0.717) is 0 Å². The number of thiophene rings is 1. The van der Waals surface area contributed by atoms with Gasteiger partial charge in [-0.25, -0.2) is 0 Å². The number of furan rings is 1. The van der Waals surface area contributed by atoms with E-state index in [9.17, 15) is 0 Å². The Morgan fingerprint density at radius 3 is 1.30 bits per heavy atom. The van der Waals surface area contributed by atoms with Gasteiger partial charge in [0.15, 0.2) is 0 Å². The first-order chi connectivity index (χ1) is 54.4. The molecule has 24 rings (SSSR count). The minimum Gasteiger partial charge on any atom is -0.468 e. The van der Waals surface area contributed by atoms with Gasteiger partial charge in [0.05, 0.1) is 17.0 Å². The van der Waals surface area contributed by atoms with Crippen molar-refractivity contribution in [2.24, 2.45) is 0 Å². The van der Waals surface area contributed by atoms with E-state index in [2.05, 4.69) is 401 Å². The molecular weight excluding hydrogens is 1350 g/mol. The normalized spacial score (nSPS) is 14.7. The lowest BCUT2D eigenvalue weighted by Gasteiger charge is -2.45. The molecule has 0 saturated heterocycles. The quantitative estimate of drug-likeness (QED) is 0.140. The van der Waals surface area contributed by atoms with Gasteiger partial charge in [-0.15, -0.1) is 11.3 Å². The molecule has 6 aliphatic heterocycles. The number of hydrogen-bond acceptors (Lipinski definition) is 8. The summed E-state index contributed by atoms with van der Waals surface area (Å²) < 4.78 is 9.65. The van der Waals surface area contributed by atoms with Crippen molar-refractivity contribution in [1.82, 2.24) is 0 Å². The van der Waals surface area contributed by atoms with Gasteiger partial charge < -0.3 is 33.8 Å². The molecule has 0 radical (unpaired) electrons. The van der Waals surface area contributed by atoms with Crippen LogP contribution in [0.3, 0.4) is 0 Å². The Hall–Kier alpha value is -13.5. The molecule has 17 aromatic rings. The molecule has 512 valence electrons. The smallest absolute Gasteiger partial charge is 0.297 e. The first-order valence-electron chi connectivity index (χ1n) is 38.2. The zero-order valence-corrected chi connectivity index (χ0v) is 61.1. The standard InChI is InChI=1S/C99H65B3N6OS/c1-99(2)75-37-12-9-34-72(75)93-96(99)100-76-38-13-16-41-79(76)103(66-28-5-3-6-29-66)82-44-23-47-85(90(82)100)108(93)71-33-22-27-65(61-71)64-26-21-32-70(60-64)105-81-43-18-15-40-78(81)102-92-84(105)46-25-49-87(92)107(95-74-36-11-20-51-89(74)110-98(95)102)69-58-54-63(55-59-69)62-52-56-68(57-53-62)104-80-42-17-14-39-77(80)101-91-83(104)45-24-48-86(91)106(67-30-7-4-8-31-67)94-73-35-10-19-50-88(73)109-97(94)101/h3-61H,1-2H3. The average Bonchev–Trinajstić information content (AvgIpc) is 1.43. The highest BCUT2D eigenvalue weighted by Crippen LogP contribution is 2.57. The minimum absolute atomic E-state index is 0.00523. The van der Waals surface area contributed by atoms with E-state index in [-0.39, 0.29) is 25.6 Å². The number of anilines is 17. The van der Waals surface area contributed by atoms with Crippen LogP contribution in [0.5, 0.6) is 0 Å². The van der Waals surface area contributed by atoms with E-state index in [1.165, 1.54) is 110 Å². The maximum Gasteiger partial charge on any atom is 0.297 e. The summed E-state index contributed by atoms with van der Waals surface area (Å²) in [6.45, 7) is 4.85. The monoisotopic (exact) mass is 1420 g/mol. The van der Waals surface area contributed by atoms with Crippen LogP contribution in [0.25, 0.3) is 49.0 Å². The fraction of sp³-hybridized carbons (Fsp3) is 0.0303. The lowest BCUT2D eigenvalue weighted by molar-refractivity contribution is 0.651. The lowest BCUT2D eigenvalue weighted by atomic mass is 9.30. The molecule has 15 aromatic carbocycles. The number of allylic oxidation sites excluding steroid dienone is 1. The van der Waals surface area contributed by atoms with Gasteiger partial charge in [0.25, 0.3) is 13.4 Å². The van der Waals surface area contributed by atoms with Gasteiger partial charge in [0.2, 0.25) is 6.71 Å². The summed E-state index contributed by atoms with van der Waals surface area (Å²) in [5.41, 5.74) is 39.0. The van der Waals surface area contributed by atoms with Crippen molar-refractivity contribution in [3.05, 3.63) is 375 Å². The molecule has 8 heterocycles. The first-order valence-corrected chi connectivity index (χ1v) is 39.1. The van der Waals surface area contributed by atoms with Crippen molar-refractivity contribution in [2.45, 2.75) is 19.3 Å². The van der Waals surface area contributed by atoms with Crippen molar-refractivity contribution in [3.63, 3.8) is 0 Å². The Morgan fingerprint density at radius 1 is 0.291 bits per heavy atom. The second kappa shape index (κ2) is 23.3. The van der Waals surface area contributed by atoms with Crippen LogP contribution in [0.15, 0.2) is 368 Å². The van der Waals surface area contributed by atoms with Crippen molar-refractivity contribution < 1.29 is 4.42 Å². The van der Waals surface area contributed by atoms with Crippen LogP contribution in [0.1, 0.15) is 25.0 Å². The molecule has 7 aliphatic rings. The third kappa shape index (κ3) is 8.58. The molecule has 0 amide bonds. The zero-order valence-electron chi connectivity index (χ0n) is 60.3. The SMILES string of the molecule is CC1(C)C2=C(c3ccccc31)N(c1cccc(-c3cccc(N4c5ccccc5B5c6sc7ccccc7c6N(c6ccc(-c7ccc(N8c9ccccc9B9c%10oc%11ccccc%11c%10N(c%10ccccc%10)c%10cccc8c%109)cc7)cc6)c6cccc4c65)c3)c1)c1cccc3c1B2c1ccccc1N3c1ccccc1. The summed E-state index contributed by atoms with van der Waals surface area (Å²) in [5.74, 6) is 0. The zero-order chi connectivity index (χ0) is 72.2. The van der Waals surface area contributed by atoms with Crippen LogP contribution >= 0.6 is 11.3 Å². The fourth-order valence-corrected chi connectivity index (χ4v) is 21.4. The Balaban J connectivity index is 0.597. The van der Waals surface area contributed by atoms with Crippen LogP contribution in [0.2, 0.25) is 0 Å². The highest BCUT2D eigenvalue weighted by molar-refractivity contribution is 7.33. The van der Waals surface area contributed by atoms with Crippen molar-refractivity contribution in [1.29, 1.82) is 0 Å². The van der Waals surface area contributed by atoms with E-state index in [4.69, 9.17) is 4.42 Å². The number of fused-ring (bicyclic) bond motifs is 17. The molecule has 0 bridgehead atoms. The van der Waals surface area contributed by atoms with Gasteiger partial charge in [-0.1, -0.05) is 232 Å². The number of benzene rings is 15. The molecule has 1 aliphatic carbocycles. The third-order valence-corrected chi connectivity index (χ3v) is 25.8. The molecule has 11 heteroatoms. The summed E-state index contributed by atoms with van der Waals surface area (Å²) in [6.07, 6.45) is 0. The van der Waals surface area contributed by atoms with E-state index < -0.39 is 0 Å². The summed E-state index contributed by atoms with van der Waals surface area (Å²) in [6, 6.07) is 133. The Bertz CT molecular complexity index is 6790. The van der Waals surface area contributed by atoms with Crippen LogP contribution in [-0.4, -0.2) is 20.1 Å². The van der Waals surface area contributed by atoms with E-state index in [0.717, 1.165) is 95.8 Å². The maximum atomic E-state index is 7.01. The van der Waals surface area contributed by atoms with Gasteiger partial charge >= 0.3 is 0 Å². The second-order valence-corrected chi connectivity index (χ2v) is 31.6. The summed E-state index contributed by atoms with van der Waals surface area (Å²) >= 11 is 1.94. The maximum absolute atomic E-state index is 7.01. The Morgan fingerprint density at radius 2 is 0.691 bits per heavy atom. The highest BCUT2D eigenvalue weighted by Gasteiger charge is 2.54. The molecule has 0 saturated carbocycles. The molecule has 110 heavy (non-hydrogen) atoms. The number of rotatable bonds is 8. The largest absolute Gasteiger partial charge is 0.468 e. The van der Waals surface area contributed by atoms with Gasteiger partial charge in [-0.2, -0.15) is 0 Å². The van der Waals surface area contributed by atoms with Gasteiger partial charge in [0.1, 0.15) is 5.58 Å². The fourth-order valence-electron chi connectivity index (χ4n) is 20.1. The Labute approximate surface area is 643 Å². The van der Waals surface area contributed by atoms with E-state index in [1.54, 1.807) is 0 Å². The molecular formula is C99H65B3N6OS.